The third-order valence-electron chi connectivity index (χ3n) is 6.96. The predicted molar refractivity (Wildman–Crippen MR) is 135 cm³/mol. The van der Waals surface area contributed by atoms with Crippen LogP contribution in [0.3, 0.4) is 0 Å². The molecule has 4 aromatic rings. The second-order valence-electron chi connectivity index (χ2n) is 9.33. The Bertz CT molecular complexity index is 1380. The fourth-order valence-electron chi connectivity index (χ4n) is 4.76. The van der Waals surface area contributed by atoms with Gasteiger partial charge in [-0.1, -0.05) is 37.3 Å². The van der Waals surface area contributed by atoms with Crippen molar-refractivity contribution in [3.63, 3.8) is 0 Å². The van der Waals surface area contributed by atoms with Crippen molar-refractivity contribution in [1.82, 2.24) is 15.2 Å². The van der Waals surface area contributed by atoms with Crippen LogP contribution in [0.5, 0.6) is 0 Å². The summed E-state index contributed by atoms with van der Waals surface area (Å²) in [6, 6.07) is 21.3. The number of carbonyl (C=O) groups is 2. The van der Waals surface area contributed by atoms with Gasteiger partial charge in [0.05, 0.1) is 0 Å². The first-order valence-electron chi connectivity index (χ1n) is 12.3. The molecular weight excluding hydrogens is 457 g/mol. The molecule has 1 fully saturated rings. The van der Waals surface area contributed by atoms with Crippen LogP contribution >= 0.6 is 0 Å². The number of carbonyl (C=O) groups excluding carboxylic acids is 2. The molecule has 1 aliphatic rings. The summed E-state index contributed by atoms with van der Waals surface area (Å²) in [5.74, 6) is 0.126. The van der Waals surface area contributed by atoms with Crippen LogP contribution in [0.2, 0.25) is 0 Å². The summed E-state index contributed by atoms with van der Waals surface area (Å²) in [5.41, 5.74) is 3.48. The summed E-state index contributed by atoms with van der Waals surface area (Å²) in [6.07, 6.45) is 1.51. The van der Waals surface area contributed by atoms with Crippen LogP contribution in [0.25, 0.3) is 22.6 Å². The maximum absolute atomic E-state index is 13.4. The number of nitrogens with one attached hydrogen (secondary N) is 1. The highest BCUT2D eigenvalue weighted by Gasteiger charge is 2.30. The maximum Gasteiger partial charge on any atom is 0.253 e. The van der Waals surface area contributed by atoms with E-state index in [9.17, 15) is 14.0 Å². The molecule has 1 saturated heterocycles. The third-order valence-corrected chi connectivity index (χ3v) is 6.96. The van der Waals surface area contributed by atoms with E-state index in [2.05, 4.69) is 10.3 Å². The smallest absolute Gasteiger partial charge is 0.253 e. The molecule has 1 aromatic heterocycles. The zero-order valence-corrected chi connectivity index (χ0v) is 20.1. The summed E-state index contributed by atoms with van der Waals surface area (Å²) in [5, 5.41) is 2.91. The molecule has 6 nitrogen and oxygen atoms in total. The first kappa shape index (κ1) is 23.7. The zero-order chi connectivity index (χ0) is 25.1. The lowest BCUT2D eigenvalue weighted by molar-refractivity contribution is -0.126. The van der Waals surface area contributed by atoms with Crippen molar-refractivity contribution < 1.29 is 18.4 Å². The van der Waals surface area contributed by atoms with Gasteiger partial charge in [0, 0.05) is 36.7 Å². The molecule has 0 unspecified atom stereocenters. The van der Waals surface area contributed by atoms with Gasteiger partial charge < -0.3 is 14.6 Å². The molecule has 1 N–H and O–H groups in total. The highest BCUT2D eigenvalue weighted by Crippen LogP contribution is 2.28. The molecule has 2 heterocycles. The van der Waals surface area contributed by atoms with Crippen LogP contribution in [0, 0.1) is 17.7 Å². The summed E-state index contributed by atoms with van der Waals surface area (Å²) in [7, 11) is 0. The summed E-state index contributed by atoms with van der Waals surface area (Å²) in [4.78, 5) is 32.2. The van der Waals surface area contributed by atoms with Gasteiger partial charge in [-0.25, -0.2) is 9.37 Å². The Morgan fingerprint density at radius 2 is 1.83 bits per heavy atom. The number of hydrogen-bond donors (Lipinski definition) is 1. The van der Waals surface area contributed by atoms with E-state index >= 15 is 0 Å². The molecule has 7 heteroatoms. The number of oxazole rings is 1. The number of benzene rings is 3. The summed E-state index contributed by atoms with van der Waals surface area (Å²) < 4.78 is 19.3. The molecule has 0 radical (unpaired) electrons. The van der Waals surface area contributed by atoms with Gasteiger partial charge in [0.25, 0.3) is 5.91 Å². The molecule has 36 heavy (non-hydrogen) atoms. The van der Waals surface area contributed by atoms with Gasteiger partial charge in [-0.15, -0.1) is 0 Å². The van der Waals surface area contributed by atoms with Crippen molar-refractivity contribution in [2.24, 2.45) is 11.8 Å². The molecule has 2 amide bonds. The number of amides is 2. The molecule has 0 spiro atoms. The van der Waals surface area contributed by atoms with Crippen LogP contribution < -0.4 is 5.32 Å². The van der Waals surface area contributed by atoms with Gasteiger partial charge in [0.2, 0.25) is 11.8 Å². The van der Waals surface area contributed by atoms with Crippen LogP contribution in [0.15, 0.2) is 77.2 Å². The lowest BCUT2D eigenvalue weighted by Gasteiger charge is -2.34. The Kier molecular flexibility index (Phi) is 6.80. The SMILES string of the molecule is C[C@H](C(=O)NCc1cccc(F)c1)C1CCN(C(=O)c2ccc3nc(-c4ccccc4)oc3c2)CC1. The highest BCUT2D eigenvalue weighted by molar-refractivity contribution is 5.97. The zero-order valence-electron chi connectivity index (χ0n) is 20.1. The van der Waals surface area contributed by atoms with Crippen LogP contribution in [0.1, 0.15) is 35.7 Å². The van der Waals surface area contributed by atoms with Gasteiger partial charge >= 0.3 is 0 Å². The molecule has 3 aromatic carbocycles. The van der Waals surface area contributed by atoms with E-state index in [1.54, 1.807) is 24.3 Å². The first-order valence-corrected chi connectivity index (χ1v) is 12.3. The van der Waals surface area contributed by atoms with Crippen molar-refractivity contribution >= 4 is 22.9 Å². The van der Waals surface area contributed by atoms with Crippen molar-refractivity contribution in [3.8, 4) is 11.5 Å². The number of halogens is 1. The van der Waals surface area contributed by atoms with Crippen LogP contribution in [-0.2, 0) is 11.3 Å². The molecule has 0 bridgehead atoms. The monoisotopic (exact) mass is 485 g/mol. The van der Waals surface area contributed by atoms with Crippen molar-refractivity contribution in [2.45, 2.75) is 26.3 Å². The van der Waals surface area contributed by atoms with Gasteiger partial charge in [-0.2, -0.15) is 0 Å². The Hall–Kier alpha value is -4.00. The molecule has 1 atom stereocenters. The van der Waals surface area contributed by atoms with Gasteiger partial charge in [0.1, 0.15) is 11.3 Å². The van der Waals surface area contributed by atoms with E-state index < -0.39 is 0 Å². The standard InChI is InChI=1S/C29H28FN3O3/c1-19(27(34)31-18-20-6-5-9-24(30)16-20)21-12-14-33(15-13-21)29(35)23-10-11-25-26(17-23)36-28(32-25)22-7-3-2-4-8-22/h2-11,16-17,19,21H,12-15,18H2,1H3,(H,31,34)/t19-/m0/s1. The predicted octanol–water partition coefficient (Wildman–Crippen LogP) is 5.44. The number of likely N-dealkylation sites (tertiary alicyclic amines) is 1. The van der Waals surface area contributed by atoms with E-state index in [0.717, 1.165) is 24.0 Å². The Morgan fingerprint density at radius 3 is 2.58 bits per heavy atom. The quantitative estimate of drug-likeness (QED) is 0.395. The second kappa shape index (κ2) is 10.3. The number of hydrogen-bond acceptors (Lipinski definition) is 4. The topological polar surface area (TPSA) is 75.4 Å². The van der Waals surface area contributed by atoms with Gasteiger partial charge in [-0.3, -0.25) is 9.59 Å². The number of fused-ring (bicyclic) bond motifs is 1. The fourth-order valence-corrected chi connectivity index (χ4v) is 4.76. The Labute approximate surface area is 209 Å². The van der Waals surface area contributed by atoms with E-state index in [-0.39, 0.29) is 29.5 Å². The second-order valence-corrected chi connectivity index (χ2v) is 9.33. The van der Waals surface area contributed by atoms with Crippen molar-refractivity contribution in [2.75, 3.05) is 13.1 Å². The largest absolute Gasteiger partial charge is 0.436 e. The van der Waals surface area contributed by atoms with Crippen LogP contribution in [0.4, 0.5) is 4.39 Å². The summed E-state index contributed by atoms with van der Waals surface area (Å²) >= 11 is 0. The minimum atomic E-state index is -0.314. The molecule has 184 valence electrons. The average Bonchev–Trinajstić information content (AvgIpc) is 3.35. The normalized spacial score (nSPS) is 15.1. The molecule has 1 aliphatic heterocycles. The van der Waals surface area contributed by atoms with E-state index in [0.29, 0.717) is 42.2 Å². The molecule has 0 aliphatic carbocycles. The van der Waals surface area contributed by atoms with E-state index in [1.807, 2.05) is 48.2 Å². The maximum atomic E-state index is 13.4. The van der Waals surface area contributed by atoms with Crippen LogP contribution in [-0.4, -0.2) is 34.8 Å². The summed E-state index contributed by atoms with van der Waals surface area (Å²) in [6.45, 7) is 3.41. The fraction of sp³-hybridized carbons (Fsp3) is 0.276. The molecule has 5 rings (SSSR count). The Balaban J connectivity index is 1.17. The Morgan fingerprint density at radius 1 is 1.06 bits per heavy atom. The number of aromatic nitrogens is 1. The van der Waals surface area contributed by atoms with E-state index in [1.165, 1.54) is 12.1 Å². The average molecular weight is 486 g/mol. The van der Waals surface area contributed by atoms with Gasteiger partial charge in [0.15, 0.2) is 5.58 Å². The molecule has 0 saturated carbocycles. The number of piperidine rings is 1. The highest BCUT2D eigenvalue weighted by atomic mass is 19.1. The number of rotatable bonds is 6. The molecular formula is C29H28FN3O3. The van der Waals surface area contributed by atoms with Crippen molar-refractivity contribution in [3.05, 3.63) is 89.7 Å². The van der Waals surface area contributed by atoms with Crippen molar-refractivity contribution in [1.29, 1.82) is 0 Å². The van der Waals surface area contributed by atoms with Gasteiger partial charge in [-0.05, 0) is 66.8 Å². The third kappa shape index (κ3) is 5.15. The first-order chi connectivity index (χ1) is 17.5. The number of nitrogens with zero attached hydrogens (tertiary/aromatic N) is 2. The minimum Gasteiger partial charge on any atom is -0.436 e. The lowest BCUT2D eigenvalue weighted by Crippen LogP contribution is -2.42. The van der Waals surface area contributed by atoms with E-state index in [4.69, 9.17) is 4.42 Å². The minimum absolute atomic E-state index is 0.0452. The lowest BCUT2D eigenvalue weighted by atomic mass is 9.84.